The predicted octanol–water partition coefficient (Wildman–Crippen LogP) is 17.8. The van der Waals surface area contributed by atoms with Crippen LogP contribution < -0.4 is 0 Å². The number of carbonyl (C=O) groups is 3. The number of ether oxygens (including phenoxy) is 3. The van der Waals surface area contributed by atoms with Gasteiger partial charge in [-0.05, 0) is 116 Å². The van der Waals surface area contributed by atoms with Gasteiger partial charge in [-0.25, -0.2) is 4.57 Å². The number of aliphatic hydroxyl groups is 1. The van der Waals surface area contributed by atoms with Crippen molar-refractivity contribution in [2.24, 2.45) is 0 Å². The highest BCUT2D eigenvalue weighted by molar-refractivity contribution is 7.47. The average molecular weight is 1080 g/mol. The topological polar surface area (TPSA) is 155 Å². The first-order chi connectivity index (χ1) is 37.2. The molecule has 0 spiro atoms. The second kappa shape index (κ2) is 57.3. The molecule has 0 aliphatic heterocycles. The van der Waals surface area contributed by atoms with E-state index >= 15 is 0 Å². The number of carbonyl (C=O) groups excluding carboxylic acids is 3. The fourth-order valence-electron chi connectivity index (χ4n) is 7.69. The van der Waals surface area contributed by atoms with Crippen LogP contribution in [0.1, 0.15) is 239 Å². The van der Waals surface area contributed by atoms with Gasteiger partial charge in [-0.3, -0.25) is 23.4 Å². The number of aliphatic hydroxyl groups excluding tert-OH is 1. The van der Waals surface area contributed by atoms with Gasteiger partial charge in [-0.1, -0.05) is 214 Å². The molecule has 0 aliphatic rings. The van der Waals surface area contributed by atoms with Gasteiger partial charge >= 0.3 is 25.7 Å². The van der Waals surface area contributed by atoms with Crippen molar-refractivity contribution in [1.29, 1.82) is 0 Å². The lowest BCUT2D eigenvalue weighted by molar-refractivity contribution is -0.161. The Balaban J connectivity index is 4.83. The first-order valence-corrected chi connectivity index (χ1v) is 31.3. The van der Waals surface area contributed by atoms with Crippen LogP contribution in [0.5, 0.6) is 0 Å². The lowest BCUT2D eigenvalue weighted by atomic mass is 10.1. The number of rotatable bonds is 54. The van der Waals surface area contributed by atoms with Crippen LogP contribution in [0.4, 0.5) is 0 Å². The van der Waals surface area contributed by atoms with Crippen LogP contribution in [0.2, 0.25) is 0 Å². The monoisotopic (exact) mass is 1080 g/mol. The molecule has 11 nitrogen and oxygen atoms in total. The number of hydrogen-bond acceptors (Lipinski definition) is 10. The van der Waals surface area contributed by atoms with Crippen LogP contribution in [0.25, 0.3) is 0 Å². The molecule has 0 aromatic carbocycles. The van der Waals surface area contributed by atoms with Crippen molar-refractivity contribution < 1.29 is 52.2 Å². The minimum atomic E-state index is -4.77. The summed E-state index contributed by atoms with van der Waals surface area (Å²) in [5.74, 6) is -1.56. The van der Waals surface area contributed by atoms with Gasteiger partial charge in [0.2, 0.25) is 0 Å². The maximum atomic E-state index is 12.9. The average Bonchev–Trinajstić information content (AvgIpc) is 3.41. The highest BCUT2D eigenvalue weighted by Crippen LogP contribution is 2.43. The number of phosphoric acid groups is 1. The van der Waals surface area contributed by atoms with Gasteiger partial charge in [0.25, 0.3) is 0 Å². The Morgan fingerprint density at radius 2 is 0.697 bits per heavy atom. The molecule has 0 aliphatic carbocycles. The minimum absolute atomic E-state index is 0.0817. The Labute approximate surface area is 463 Å². The van der Waals surface area contributed by atoms with E-state index in [-0.39, 0.29) is 25.9 Å². The van der Waals surface area contributed by atoms with Crippen LogP contribution in [-0.4, -0.2) is 66.5 Å². The quantitative estimate of drug-likeness (QED) is 0.0197. The van der Waals surface area contributed by atoms with Crippen molar-refractivity contribution in [3.8, 4) is 0 Å². The van der Waals surface area contributed by atoms with Crippen molar-refractivity contribution in [2.45, 2.75) is 251 Å². The molecular weight excluding hydrogens is 976 g/mol. The summed E-state index contributed by atoms with van der Waals surface area (Å²) in [7, 11) is -4.77. The van der Waals surface area contributed by atoms with E-state index in [1.165, 1.54) is 51.4 Å². The summed E-state index contributed by atoms with van der Waals surface area (Å²) in [4.78, 5) is 48.6. The van der Waals surface area contributed by atoms with Crippen LogP contribution in [0.3, 0.4) is 0 Å². The molecule has 0 fully saturated rings. The van der Waals surface area contributed by atoms with E-state index in [1.54, 1.807) is 0 Å². The molecule has 2 N–H and O–H groups in total. The fourth-order valence-corrected chi connectivity index (χ4v) is 8.48. The highest BCUT2D eigenvalue weighted by atomic mass is 31.2. The summed E-state index contributed by atoms with van der Waals surface area (Å²) in [6, 6.07) is 0. The molecule has 12 heteroatoms. The predicted molar refractivity (Wildman–Crippen MR) is 316 cm³/mol. The van der Waals surface area contributed by atoms with E-state index in [0.717, 1.165) is 122 Å². The van der Waals surface area contributed by atoms with Gasteiger partial charge in [0.15, 0.2) is 6.10 Å². The summed E-state index contributed by atoms with van der Waals surface area (Å²) >= 11 is 0. The summed E-state index contributed by atoms with van der Waals surface area (Å²) in [5, 5.41) is 9.82. The van der Waals surface area contributed by atoms with E-state index in [2.05, 4.69) is 118 Å². The maximum absolute atomic E-state index is 12.9. The Morgan fingerprint density at radius 1 is 0.382 bits per heavy atom. The lowest BCUT2D eigenvalue weighted by Gasteiger charge is -2.21. The molecule has 3 atom stereocenters. The van der Waals surface area contributed by atoms with Crippen molar-refractivity contribution in [2.75, 3.05) is 26.4 Å². The van der Waals surface area contributed by atoms with Gasteiger partial charge in [-0.2, -0.15) is 0 Å². The molecule has 0 aromatic rings. The number of unbranched alkanes of at least 4 members (excludes halogenated alkanes) is 19. The van der Waals surface area contributed by atoms with Gasteiger partial charge in [0, 0.05) is 19.3 Å². The third-order valence-electron chi connectivity index (χ3n) is 12.2. The summed E-state index contributed by atoms with van der Waals surface area (Å²) in [6.45, 7) is 4.33. The molecule has 0 radical (unpaired) electrons. The molecule has 0 saturated carbocycles. The second-order valence-electron chi connectivity index (χ2n) is 19.4. The third-order valence-corrected chi connectivity index (χ3v) is 13.1. The number of phosphoric ester groups is 1. The summed E-state index contributed by atoms with van der Waals surface area (Å²) in [6.07, 6.45) is 69.1. The normalized spacial score (nSPS) is 14.1. The number of hydrogen-bond donors (Lipinski definition) is 2. The molecule has 0 amide bonds. The first-order valence-electron chi connectivity index (χ1n) is 29.8. The molecule has 434 valence electrons. The van der Waals surface area contributed by atoms with Gasteiger partial charge in [0.05, 0.1) is 19.8 Å². The van der Waals surface area contributed by atoms with E-state index in [9.17, 15) is 28.9 Å². The SMILES string of the molecule is CC/C=C\C/C=C\C/C=C\C/C=C\C/C=C\CCCC(=O)OC(COC(=O)CCCCCCCCC/C=C\C/C=C\C/C=C\CC)COP(=O)(O)OCC(CO)OC(=O)CCCCCCC/C=C\CCCCCCCC. The molecule has 0 heterocycles. The third kappa shape index (κ3) is 54.9. The molecule has 76 heavy (non-hydrogen) atoms. The standard InChI is InChI=1S/C64H107O11P/c1-4-7-10-13-16-19-22-25-28-30-33-35-38-41-44-47-50-53-62(66)71-57-61(75-64(68)55-52-49-46-43-40-37-34-31-29-26-23-20-17-14-11-8-5-2)59-73-76(69,70)72-58-60(56-65)74-63(67)54-51-48-45-42-39-36-32-27-24-21-18-15-12-9-6-3/h7-8,10-11,16-17,19-20,25-29,32,34,37,43,46,60-61,65H,4-6,9,12-15,18,21-24,30-31,33,35-36,38-42,44-45,47-59H2,1-3H3,(H,69,70)/b10-7-,11-8-,19-16-,20-17-,28-25-,29-26-,32-27-,37-34-,46-43-. The van der Waals surface area contributed by atoms with Gasteiger partial charge in [-0.15, -0.1) is 0 Å². The van der Waals surface area contributed by atoms with E-state index in [1.807, 2.05) is 12.2 Å². The molecule has 3 unspecified atom stereocenters. The van der Waals surface area contributed by atoms with Crippen molar-refractivity contribution in [1.82, 2.24) is 0 Å². The van der Waals surface area contributed by atoms with Crippen LogP contribution in [0, 0.1) is 0 Å². The first kappa shape index (κ1) is 72.1. The number of esters is 3. The Hall–Kier alpha value is -3.86. The molecule has 0 saturated heterocycles. The fraction of sp³-hybridized carbons (Fsp3) is 0.672. The van der Waals surface area contributed by atoms with Gasteiger partial charge in [0.1, 0.15) is 12.7 Å². The zero-order chi connectivity index (χ0) is 55.5. The highest BCUT2D eigenvalue weighted by Gasteiger charge is 2.28. The Morgan fingerprint density at radius 3 is 1.12 bits per heavy atom. The minimum Gasteiger partial charge on any atom is -0.462 e. The van der Waals surface area contributed by atoms with Crippen LogP contribution >= 0.6 is 7.82 Å². The van der Waals surface area contributed by atoms with E-state index in [4.69, 9.17) is 23.3 Å². The Kier molecular flexibility index (Phi) is 54.4. The van der Waals surface area contributed by atoms with E-state index < -0.39 is 57.8 Å². The second-order valence-corrected chi connectivity index (χ2v) is 20.8. The largest absolute Gasteiger partial charge is 0.472 e. The molecule has 0 aromatic heterocycles. The zero-order valence-corrected chi connectivity index (χ0v) is 48.8. The van der Waals surface area contributed by atoms with Crippen molar-refractivity contribution >= 4 is 25.7 Å². The smallest absolute Gasteiger partial charge is 0.462 e. The molecular formula is C64H107O11P. The van der Waals surface area contributed by atoms with E-state index in [0.29, 0.717) is 25.7 Å². The van der Waals surface area contributed by atoms with Crippen molar-refractivity contribution in [3.05, 3.63) is 109 Å². The summed E-state index contributed by atoms with van der Waals surface area (Å²) in [5.41, 5.74) is 0. The van der Waals surface area contributed by atoms with Gasteiger partial charge < -0.3 is 24.2 Å². The van der Waals surface area contributed by atoms with Crippen LogP contribution in [0.15, 0.2) is 109 Å². The number of allylic oxidation sites excluding steroid dienone is 18. The maximum Gasteiger partial charge on any atom is 0.472 e. The summed E-state index contributed by atoms with van der Waals surface area (Å²) < 4.78 is 39.5. The van der Waals surface area contributed by atoms with Crippen LogP contribution in [-0.2, 0) is 42.2 Å². The zero-order valence-electron chi connectivity index (χ0n) is 47.9. The molecule has 0 rings (SSSR count). The molecule has 0 bridgehead atoms. The Bertz CT molecular complexity index is 1690. The van der Waals surface area contributed by atoms with Crippen molar-refractivity contribution in [3.63, 3.8) is 0 Å². The lowest BCUT2D eigenvalue weighted by Crippen LogP contribution is -2.30.